The van der Waals surface area contributed by atoms with Crippen LogP contribution in [0.5, 0.6) is 0 Å². The molecule has 0 unspecified atom stereocenters. The fourth-order valence-electron chi connectivity index (χ4n) is 1.00. The van der Waals surface area contributed by atoms with E-state index in [2.05, 4.69) is 5.10 Å². The van der Waals surface area contributed by atoms with E-state index in [0.717, 1.165) is 0 Å². The molecule has 0 atom stereocenters. The number of hydrogen-bond donors (Lipinski definition) is 1. The zero-order valence-electron chi connectivity index (χ0n) is 6.81. The molecule has 0 aliphatic rings. The van der Waals surface area contributed by atoms with Crippen molar-refractivity contribution in [3.63, 3.8) is 0 Å². The Balaban J connectivity index is 3.01. The number of carbonyl (C=O) groups excluding carboxylic acids is 1. The summed E-state index contributed by atoms with van der Waals surface area (Å²) in [6.07, 6.45) is -6.35. The number of alkyl halides is 4. The Labute approximate surface area is 76.1 Å². The minimum atomic E-state index is -2.92. The van der Waals surface area contributed by atoms with Gasteiger partial charge in [0, 0.05) is 0 Å². The zero-order valence-corrected chi connectivity index (χ0v) is 6.81. The molecule has 0 fully saturated rings. The normalized spacial score (nSPS) is 11.3. The van der Waals surface area contributed by atoms with Crippen molar-refractivity contribution in [3.05, 3.63) is 17.0 Å². The van der Waals surface area contributed by atoms with E-state index in [-0.39, 0.29) is 12.0 Å². The number of H-pyrrole nitrogens is 1. The van der Waals surface area contributed by atoms with Crippen LogP contribution in [-0.4, -0.2) is 22.9 Å². The number of carbonyl (C=O) groups is 1. The molecule has 1 aromatic rings. The molecule has 0 radical (unpaired) electrons. The maximum atomic E-state index is 12.1. The van der Waals surface area contributed by atoms with Crippen molar-refractivity contribution < 1.29 is 22.4 Å². The summed E-state index contributed by atoms with van der Waals surface area (Å²) in [4.78, 5) is 10.4. The van der Waals surface area contributed by atoms with E-state index in [9.17, 15) is 22.4 Å². The van der Waals surface area contributed by atoms with Gasteiger partial charge in [-0.05, 0) is 0 Å². The highest BCUT2D eigenvalue weighted by molar-refractivity contribution is 5.78. The van der Waals surface area contributed by atoms with Gasteiger partial charge in [-0.1, -0.05) is 0 Å². The molecule has 0 saturated heterocycles. The van der Waals surface area contributed by atoms with Crippen LogP contribution < -0.4 is 0 Å². The maximum absolute atomic E-state index is 12.1. The van der Waals surface area contributed by atoms with Gasteiger partial charge in [0.1, 0.15) is 5.69 Å². The topological polar surface area (TPSA) is 45.8 Å². The number of aldehydes is 1. The quantitative estimate of drug-likeness (QED) is 0.609. The summed E-state index contributed by atoms with van der Waals surface area (Å²) in [5, 5.41) is 5.10. The molecule has 0 aliphatic carbocycles. The molecular weight excluding hydrogens is 204 g/mol. The van der Waals surface area contributed by atoms with Crippen LogP contribution in [0.4, 0.5) is 17.6 Å². The molecular formula is C7H6F4N2O. The van der Waals surface area contributed by atoms with Gasteiger partial charge in [0.25, 0.3) is 6.43 Å². The van der Waals surface area contributed by atoms with Gasteiger partial charge in [0.2, 0.25) is 6.43 Å². The maximum Gasteiger partial charge on any atom is 0.280 e. The van der Waals surface area contributed by atoms with Crippen molar-refractivity contribution in [2.24, 2.45) is 0 Å². The second-order valence-corrected chi connectivity index (χ2v) is 2.51. The third-order valence-corrected chi connectivity index (χ3v) is 1.60. The average molecular weight is 210 g/mol. The zero-order chi connectivity index (χ0) is 10.7. The first-order valence-corrected chi connectivity index (χ1v) is 3.64. The summed E-state index contributed by atoms with van der Waals surface area (Å²) in [6, 6.07) is 0. The summed E-state index contributed by atoms with van der Waals surface area (Å²) in [6.45, 7) is 0. The molecule has 0 aromatic carbocycles. The molecule has 1 N–H and O–H groups in total. The largest absolute Gasteiger partial charge is 0.298 e. The minimum absolute atomic E-state index is 0.0999. The lowest BCUT2D eigenvalue weighted by atomic mass is 10.1. The van der Waals surface area contributed by atoms with Crippen molar-refractivity contribution in [1.82, 2.24) is 10.2 Å². The van der Waals surface area contributed by atoms with Crippen LogP contribution in [-0.2, 0) is 6.42 Å². The van der Waals surface area contributed by atoms with Crippen LogP contribution in [0.1, 0.15) is 28.2 Å². The van der Waals surface area contributed by atoms with Gasteiger partial charge in [-0.15, -0.1) is 0 Å². The van der Waals surface area contributed by atoms with Gasteiger partial charge < -0.3 is 0 Å². The Morgan fingerprint density at radius 2 is 2.00 bits per heavy atom. The summed E-state index contributed by atoms with van der Waals surface area (Å²) in [5.41, 5.74) is -1.51. The highest BCUT2D eigenvalue weighted by Gasteiger charge is 2.21. The van der Waals surface area contributed by atoms with E-state index in [0.29, 0.717) is 0 Å². The van der Waals surface area contributed by atoms with Crippen LogP contribution in [0.2, 0.25) is 0 Å². The number of aromatic nitrogens is 2. The van der Waals surface area contributed by atoms with Gasteiger partial charge >= 0.3 is 0 Å². The minimum Gasteiger partial charge on any atom is -0.298 e. The molecule has 0 aliphatic heterocycles. The molecule has 1 heterocycles. The first-order valence-electron chi connectivity index (χ1n) is 3.64. The van der Waals surface area contributed by atoms with Crippen molar-refractivity contribution in [1.29, 1.82) is 0 Å². The Bertz CT molecular complexity index is 323. The molecule has 0 spiro atoms. The number of nitrogens with zero attached hydrogens (tertiary/aromatic N) is 1. The summed E-state index contributed by atoms with van der Waals surface area (Å²) >= 11 is 0. The Kier molecular flexibility index (Phi) is 3.21. The third kappa shape index (κ3) is 2.09. The number of rotatable bonds is 4. The average Bonchev–Trinajstić information content (AvgIpc) is 2.46. The summed E-state index contributed by atoms with van der Waals surface area (Å²) < 4.78 is 48.1. The van der Waals surface area contributed by atoms with Crippen LogP contribution >= 0.6 is 0 Å². The number of halogens is 4. The van der Waals surface area contributed by atoms with E-state index in [1.54, 1.807) is 0 Å². The SMILES string of the molecule is O=Cc1c(CC(F)F)n[nH]c1C(F)F. The van der Waals surface area contributed by atoms with Gasteiger partial charge in [0.05, 0.1) is 17.7 Å². The molecule has 78 valence electrons. The van der Waals surface area contributed by atoms with Crippen LogP contribution in [0.25, 0.3) is 0 Å². The fraction of sp³-hybridized carbons (Fsp3) is 0.429. The van der Waals surface area contributed by atoms with Gasteiger partial charge in [0.15, 0.2) is 6.29 Å². The predicted octanol–water partition coefficient (Wildman–Crippen LogP) is 1.97. The van der Waals surface area contributed by atoms with Crippen molar-refractivity contribution in [2.75, 3.05) is 0 Å². The fourth-order valence-corrected chi connectivity index (χ4v) is 1.00. The van der Waals surface area contributed by atoms with E-state index in [1.165, 1.54) is 0 Å². The lowest BCUT2D eigenvalue weighted by Gasteiger charge is -1.97. The molecule has 0 saturated carbocycles. The van der Waals surface area contributed by atoms with Crippen LogP contribution in [0, 0.1) is 0 Å². The Morgan fingerprint density at radius 1 is 1.36 bits per heavy atom. The highest BCUT2D eigenvalue weighted by Crippen LogP contribution is 2.22. The standard InChI is InChI=1S/C7H6F4N2O/c8-5(9)1-4-3(2-14)6(7(10)11)13-12-4/h2,5,7H,1H2,(H,12,13). The molecule has 1 aromatic heterocycles. The molecule has 3 nitrogen and oxygen atoms in total. The van der Waals surface area contributed by atoms with Gasteiger partial charge in [-0.3, -0.25) is 9.89 Å². The molecule has 14 heavy (non-hydrogen) atoms. The van der Waals surface area contributed by atoms with Crippen LogP contribution in [0.3, 0.4) is 0 Å². The number of nitrogens with one attached hydrogen (secondary N) is 1. The lowest BCUT2D eigenvalue weighted by molar-refractivity contribution is 0.110. The first kappa shape index (κ1) is 10.7. The summed E-state index contributed by atoms with van der Waals surface area (Å²) in [7, 11) is 0. The van der Waals surface area contributed by atoms with E-state index in [1.807, 2.05) is 5.10 Å². The van der Waals surface area contributed by atoms with Crippen LogP contribution in [0.15, 0.2) is 0 Å². The predicted molar refractivity (Wildman–Crippen MR) is 38.6 cm³/mol. The second-order valence-electron chi connectivity index (χ2n) is 2.51. The van der Waals surface area contributed by atoms with E-state index in [4.69, 9.17) is 0 Å². The summed E-state index contributed by atoms with van der Waals surface area (Å²) in [5.74, 6) is 0. The van der Waals surface area contributed by atoms with Crippen molar-refractivity contribution in [3.8, 4) is 0 Å². The lowest BCUT2D eigenvalue weighted by Crippen LogP contribution is -2.01. The van der Waals surface area contributed by atoms with E-state index >= 15 is 0 Å². The van der Waals surface area contributed by atoms with Crippen molar-refractivity contribution >= 4 is 6.29 Å². The van der Waals surface area contributed by atoms with Crippen molar-refractivity contribution in [2.45, 2.75) is 19.3 Å². The molecule has 0 bridgehead atoms. The smallest absolute Gasteiger partial charge is 0.280 e. The Morgan fingerprint density at radius 3 is 2.43 bits per heavy atom. The van der Waals surface area contributed by atoms with Gasteiger partial charge in [-0.25, -0.2) is 17.6 Å². The molecule has 1 rings (SSSR count). The second kappa shape index (κ2) is 4.21. The third-order valence-electron chi connectivity index (χ3n) is 1.60. The Hall–Kier alpha value is -1.40. The first-order chi connectivity index (χ1) is 6.56. The highest BCUT2D eigenvalue weighted by atomic mass is 19.3. The van der Waals surface area contributed by atoms with E-state index < -0.39 is 30.5 Å². The monoisotopic (exact) mass is 210 g/mol. The van der Waals surface area contributed by atoms with Gasteiger partial charge in [-0.2, -0.15) is 5.10 Å². The number of aromatic amines is 1. The molecule has 0 amide bonds. The number of hydrogen-bond acceptors (Lipinski definition) is 2. The molecule has 7 heteroatoms.